The minimum absolute atomic E-state index is 0.377. The Hall–Kier alpha value is -4.38. The highest BCUT2D eigenvalue weighted by Gasteiger charge is 2.15. The summed E-state index contributed by atoms with van der Waals surface area (Å²) in [7, 11) is 1.36. The summed E-state index contributed by atoms with van der Waals surface area (Å²) >= 11 is 0. The topological polar surface area (TPSA) is 53.4 Å². The van der Waals surface area contributed by atoms with Crippen molar-refractivity contribution in [3.63, 3.8) is 0 Å². The predicted molar refractivity (Wildman–Crippen MR) is 124 cm³/mol. The number of carbonyl (C=O) groups excluding carboxylic acids is 1. The van der Waals surface area contributed by atoms with Gasteiger partial charge in [-0.2, -0.15) is 0 Å². The van der Waals surface area contributed by atoms with Gasteiger partial charge in [0.05, 0.1) is 23.7 Å². The number of hydrogen-bond donors (Lipinski definition) is 0. The number of hydrogen-bond acceptors (Lipinski definition) is 4. The maximum atomic E-state index is 11.6. The molecule has 0 fully saturated rings. The minimum atomic E-state index is -0.377. The Kier molecular flexibility index (Phi) is 5.14. The molecule has 0 aliphatic rings. The first-order valence-electron chi connectivity index (χ1n) is 10.2. The van der Waals surface area contributed by atoms with Crippen LogP contribution in [0.5, 0.6) is 11.5 Å². The second kappa shape index (κ2) is 8.40. The van der Waals surface area contributed by atoms with Crippen LogP contribution >= 0.6 is 0 Å². The summed E-state index contributed by atoms with van der Waals surface area (Å²) in [5.74, 6) is 1.80. The van der Waals surface area contributed by atoms with Crippen molar-refractivity contribution in [3.05, 3.63) is 109 Å². The van der Waals surface area contributed by atoms with Crippen molar-refractivity contribution in [2.24, 2.45) is 0 Å². The minimum Gasteiger partial charge on any atom is -0.465 e. The summed E-state index contributed by atoms with van der Waals surface area (Å²) in [5.41, 5.74) is 4.35. The van der Waals surface area contributed by atoms with Gasteiger partial charge >= 0.3 is 5.97 Å². The van der Waals surface area contributed by atoms with Gasteiger partial charge in [0.2, 0.25) is 0 Å². The molecule has 5 heteroatoms. The first-order chi connectivity index (χ1) is 15.7. The van der Waals surface area contributed by atoms with Crippen LogP contribution in [0.3, 0.4) is 0 Å². The van der Waals surface area contributed by atoms with Gasteiger partial charge in [-0.1, -0.05) is 48.5 Å². The van der Waals surface area contributed by atoms with Gasteiger partial charge in [0.1, 0.15) is 17.3 Å². The lowest BCUT2D eigenvalue weighted by Gasteiger charge is -2.11. The summed E-state index contributed by atoms with van der Waals surface area (Å²) in [6.45, 7) is 0. The summed E-state index contributed by atoms with van der Waals surface area (Å²) in [6, 6.07) is 33.0. The van der Waals surface area contributed by atoms with Gasteiger partial charge < -0.3 is 9.47 Å². The zero-order chi connectivity index (χ0) is 21.9. The largest absolute Gasteiger partial charge is 0.465 e. The molecule has 0 aliphatic carbocycles. The van der Waals surface area contributed by atoms with E-state index < -0.39 is 0 Å². The van der Waals surface area contributed by atoms with E-state index in [1.807, 2.05) is 54.6 Å². The van der Waals surface area contributed by atoms with Crippen molar-refractivity contribution < 1.29 is 14.3 Å². The highest BCUT2D eigenvalue weighted by molar-refractivity contribution is 5.89. The molecule has 0 radical (unpaired) electrons. The molecular formula is C27H20N2O3. The number of fused-ring (bicyclic) bond motifs is 1. The smallest absolute Gasteiger partial charge is 0.337 e. The van der Waals surface area contributed by atoms with Gasteiger partial charge in [-0.05, 0) is 48.5 Å². The van der Waals surface area contributed by atoms with Gasteiger partial charge in [0, 0.05) is 17.3 Å². The van der Waals surface area contributed by atoms with Gasteiger partial charge in [-0.25, -0.2) is 9.78 Å². The molecule has 0 spiro atoms. The lowest BCUT2D eigenvalue weighted by atomic mass is 10.2. The van der Waals surface area contributed by atoms with E-state index in [9.17, 15) is 4.79 Å². The Balaban J connectivity index is 1.58. The molecule has 32 heavy (non-hydrogen) atoms. The van der Waals surface area contributed by atoms with Crippen LogP contribution in [0.1, 0.15) is 10.4 Å². The molecule has 0 unspecified atom stereocenters. The maximum absolute atomic E-state index is 11.6. The Morgan fingerprint density at radius 2 is 1.44 bits per heavy atom. The van der Waals surface area contributed by atoms with Gasteiger partial charge in [-0.15, -0.1) is 0 Å². The van der Waals surface area contributed by atoms with Gasteiger partial charge in [0.15, 0.2) is 0 Å². The molecule has 156 valence electrons. The molecule has 4 aromatic carbocycles. The number of benzene rings is 4. The van der Waals surface area contributed by atoms with E-state index in [1.54, 1.807) is 24.3 Å². The first-order valence-corrected chi connectivity index (χ1v) is 10.2. The molecule has 0 amide bonds. The average molecular weight is 420 g/mol. The third kappa shape index (κ3) is 3.72. The number of ether oxygens (including phenoxy) is 2. The van der Waals surface area contributed by atoms with Crippen molar-refractivity contribution in [1.29, 1.82) is 0 Å². The van der Waals surface area contributed by atoms with Crippen molar-refractivity contribution in [2.45, 2.75) is 0 Å². The monoisotopic (exact) mass is 420 g/mol. The summed E-state index contributed by atoms with van der Waals surface area (Å²) in [4.78, 5) is 16.6. The van der Waals surface area contributed by atoms with Crippen LogP contribution in [-0.4, -0.2) is 22.6 Å². The molecule has 1 aromatic heterocycles. The normalized spacial score (nSPS) is 10.8. The number of esters is 1. The molecule has 0 bridgehead atoms. The molecule has 0 N–H and O–H groups in total. The quantitative estimate of drug-likeness (QED) is 0.314. The molecule has 5 aromatic rings. The third-order valence-corrected chi connectivity index (χ3v) is 5.18. The summed E-state index contributed by atoms with van der Waals surface area (Å²) in [6.07, 6.45) is 0. The number of para-hydroxylation sites is 1. The molecule has 1 heterocycles. The third-order valence-electron chi connectivity index (χ3n) is 5.18. The van der Waals surface area contributed by atoms with Crippen molar-refractivity contribution in [1.82, 2.24) is 9.55 Å². The second-order valence-electron chi connectivity index (χ2n) is 7.24. The van der Waals surface area contributed by atoms with E-state index in [0.717, 1.165) is 28.1 Å². The van der Waals surface area contributed by atoms with E-state index in [-0.39, 0.29) is 5.97 Å². The van der Waals surface area contributed by atoms with Crippen LogP contribution in [-0.2, 0) is 4.74 Å². The number of methoxy groups -OCH3 is 1. The number of imidazole rings is 1. The van der Waals surface area contributed by atoms with E-state index in [4.69, 9.17) is 14.5 Å². The maximum Gasteiger partial charge on any atom is 0.337 e. The Labute approximate surface area is 185 Å². The predicted octanol–water partition coefficient (Wildman–Crippen LogP) is 6.27. The molecule has 0 saturated heterocycles. The summed E-state index contributed by atoms with van der Waals surface area (Å²) < 4.78 is 13.0. The fourth-order valence-corrected chi connectivity index (χ4v) is 3.65. The lowest BCUT2D eigenvalue weighted by molar-refractivity contribution is 0.0600. The molecular weight excluding hydrogens is 400 g/mol. The van der Waals surface area contributed by atoms with E-state index in [2.05, 4.69) is 28.8 Å². The van der Waals surface area contributed by atoms with Crippen molar-refractivity contribution in [3.8, 4) is 28.6 Å². The number of aromatic nitrogens is 2. The first kappa shape index (κ1) is 19.6. The van der Waals surface area contributed by atoms with Crippen LogP contribution in [0.2, 0.25) is 0 Å². The van der Waals surface area contributed by atoms with E-state index >= 15 is 0 Å². The summed E-state index contributed by atoms with van der Waals surface area (Å²) in [5, 5.41) is 0. The Bertz CT molecular complexity index is 1380. The molecule has 0 atom stereocenters. The standard InChI is InChI=1S/C27H20N2O3/c1-31-27(30)20-12-14-22(15-13-20)32-23-16-17-24-25(18-23)29(21-10-6-3-7-11-21)26(28-24)19-8-4-2-5-9-19/h2-18H,1H3. The van der Waals surface area contributed by atoms with E-state index in [0.29, 0.717) is 17.1 Å². The van der Waals surface area contributed by atoms with Gasteiger partial charge in [-0.3, -0.25) is 4.57 Å². The highest BCUT2D eigenvalue weighted by Crippen LogP contribution is 2.32. The molecule has 5 rings (SSSR count). The number of nitrogens with zero attached hydrogens (tertiary/aromatic N) is 2. The zero-order valence-electron chi connectivity index (χ0n) is 17.4. The lowest BCUT2D eigenvalue weighted by Crippen LogP contribution is -2.00. The van der Waals surface area contributed by atoms with Crippen LogP contribution in [0.25, 0.3) is 28.1 Å². The average Bonchev–Trinajstić information content (AvgIpc) is 3.24. The van der Waals surface area contributed by atoms with Crippen molar-refractivity contribution >= 4 is 17.0 Å². The number of rotatable bonds is 5. The zero-order valence-corrected chi connectivity index (χ0v) is 17.4. The second-order valence-corrected chi connectivity index (χ2v) is 7.24. The van der Waals surface area contributed by atoms with Crippen LogP contribution in [0.15, 0.2) is 103 Å². The van der Waals surface area contributed by atoms with Gasteiger partial charge in [0.25, 0.3) is 0 Å². The van der Waals surface area contributed by atoms with Crippen LogP contribution in [0.4, 0.5) is 0 Å². The Morgan fingerprint density at radius 3 is 2.12 bits per heavy atom. The fraction of sp³-hybridized carbons (Fsp3) is 0.0370. The number of carbonyl (C=O) groups is 1. The molecule has 0 aliphatic heterocycles. The van der Waals surface area contributed by atoms with Crippen molar-refractivity contribution in [2.75, 3.05) is 7.11 Å². The molecule has 0 saturated carbocycles. The highest BCUT2D eigenvalue weighted by atomic mass is 16.5. The Morgan fingerprint density at radius 1 is 0.781 bits per heavy atom. The SMILES string of the molecule is COC(=O)c1ccc(Oc2ccc3nc(-c4ccccc4)n(-c4ccccc4)c3c2)cc1. The molecule has 5 nitrogen and oxygen atoms in total. The van der Waals surface area contributed by atoms with E-state index in [1.165, 1.54) is 7.11 Å². The van der Waals surface area contributed by atoms with Crippen LogP contribution < -0.4 is 4.74 Å². The van der Waals surface area contributed by atoms with Crippen LogP contribution in [0, 0.1) is 0 Å². The fourth-order valence-electron chi connectivity index (χ4n) is 3.65.